The highest BCUT2D eigenvalue weighted by atomic mass is 16.6. The van der Waals surface area contributed by atoms with Gasteiger partial charge in [0.1, 0.15) is 13.2 Å². The Bertz CT molecular complexity index is 1400. The number of unbranched alkanes of at least 4 members (excludes halogenated alkanes) is 18. The zero-order chi connectivity index (χ0) is 47.2. The van der Waals surface area contributed by atoms with Gasteiger partial charge in [-0.1, -0.05) is 213 Å². The predicted octanol–water partition coefficient (Wildman–Crippen LogP) is 17.3. The standard InChI is InChI=1S/C59H94O6/c1-4-7-10-13-16-19-22-25-27-28-29-30-32-34-37-40-43-46-49-52-58(61)64-55-56(54-63-57(60)51-48-45-42-39-36-33-24-21-18-15-12-9-6-3)65-59(62)53-50-47-44-41-38-35-31-26-23-20-17-14-11-8-5-2/h7,9-10,12,15-21,23-27,29-30,33,36,56H,4-6,8,11,13-14,22,28,31-32,34-35,37-55H2,1-3H3/b10-7+,12-9+,18-15+,19-16+,20-17+,24-21+,26-23+,27-25+,30-29+,36-33+. The lowest BCUT2D eigenvalue weighted by molar-refractivity contribution is -0.167. The number of hydrogen-bond acceptors (Lipinski definition) is 6. The molecule has 0 N–H and O–H groups in total. The Kier molecular flexibility index (Phi) is 49.1. The first kappa shape index (κ1) is 60.8. The molecule has 0 amide bonds. The first-order valence-corrected chi connectivity index (χ1v) is 26.1. The number of allylic oxidation sites excluding steroid dienone is 20. The summed E-state index contributed by atoms with van der Waals surface area (Å²) in [5.74, 6) is -0.979. The zero-order valence-corrected chi connectivity index (χ0v) is 41.7. The van der Waals surface area contributed by atoms with Crippen molar-refractivity contribution >= 4 is 17.9 Å². The summed E-state index contributed by atoms with van der Waals surface area (Å²) in [4.78, 5) is 38.0. The topological polar surface area (TPSA) is 78.9 Å². The molecule has 0 fully saturated rings. The maximum atomic E-state index is 12.8. The number of carbonyl (C=O) groups excluding carboxylic acids is 3. The van der Waals surface area contributed by atoms with Gasteiger partial charge in [0, 0.05) is 19.3 Å². The Morgan fingerprint density at radius 2 is 0.677 bits per heavy atom. The average molecular weight is 899 g/mol. The summed E-state index contributed by atoms with van der Waals surface area (Å²) in [6.45, 7) is 6.28. The zero-order valence-electron chi connectivity index (χ0n) is 41.7. The fourth-order valence-corrected chi connectivity index (χ4v) is 6.67. The molecule has 0 rings (SSSR count). The van der Waals surface area contributed by atoms with Crippen LogP contribution < -0.4 is 0 Å². The Balaban J connectivity index is 4.49. The third-order valence-electron chi connectivity index (χ3n) is 10.6. The molecule has 65 heavy (non-hydrogen) atoms. The number of carbonyl (C=O) groups is 3. The van der Waals surface area contributed by atoms with Crippen LogP contribution in [0.25, 0.3) is 0 Å². The molecular weight excluding hydrogens is 805 g/mol. The molecule has 0 aromatic carbocycles. The van der Waals surface area contributed by atoms with Gasteiger partial charge in [0.2, 0.25) is 0 Å². The van der Waals surface area contributed by atoms with Crippen LogP contribution in [0.1, 0.15) is 213 Å². The van der Waals surface area contributed by atoms with E-state index in [1.54, 1.807) is 0 Å². The van der Waals surface area contributed by atoms with Gasteiger partial charge in [-0.05, 0) is 103 Å². The fraction of sp³-hybridized carbons (Fsp3) is 0.610. The molecule has 0 aliphatic carbocycles. The van der Waals surface area contributed by atoms with Crippen molar-refractivity contribution in [2.75, 3.05) is 13.2 Å². The summed E-state index contributed by atoms with van der Waals surface area (Å²) in [5, 5.41) is 0. The molecule has 0 saturated carbocycles. The van der Waals surface area contributed by atoms with Crippen molar-refractivity contribution in [3.05, 3.63) is 122 Å². The molecule has 6 heteroatoms. The minimum absolute atomic E-state index is 0.107. The minimum atomic E-state index is -0.810. The van der Waals surface area contributed by atoms with E-state index >= 15 is 0 Å². The van der Waals surface area contributed by atoms with Gasteiger partial charge < -0.3 is 14.2 Å². The van der Waals surface area contributed by atoms with Crippen LogP contribution in [0.2, 0.25) is 0 Å². The maximum absolute atomic E-state index is 12.8. The van der Waals surface area contributed by atoms with Crippen molar-refractivity contribution in [2.45, 2.75) is 219 Å². The van der Waals surface area contributed by atoms with E-state index in [1.807, 2.05) is 36.5 Å². The second-order valence-electron chi connectivity index (χ2n) is 16.8. The summed E-state index contributed by atoms with van der Waals surface area (Å²) in [7, 11) is 0. The second kappa shape index (κ2) is 52.4. The highest BCUT2D eigenvalue weighted by Crippen LogP contribution is 2.13. The van der Waals surface area contributed by atoms with Crippen LogP contribution in [-0.2, 0) is 28.6 Å². The van der Waals surface area contributed by atoms with E-state index in [4.69, 9.17) is 14.2 Å². The molecule has 0 heterocycles. The molecule has 0 bridgehead atoms. The van der Waals surface area contributed by atoms with Crippen molar-refractivity contribution in [3.8, 4) is 0 Å². The van der Waals surface area contributed by atoms with Crippen LogP contribution in [0, 0.1) is 0 Å². The van der Waals surface area contributed by atoms with Gasteiger partial charge in [-0.15, -0.1) is 0 Å². The lowest BCUT2D eigenvalue weighted by Gasteiger charge is -2.18. The van der Waals surface area contributed by atoms with Gasteiger partial charge in [-0.2, -0.15) is 0 Å². The molecule has 366 valence electrons. The quantitative estimate of drug-likeness (QED) is 0.0199. The monoisotopic (exact) mass is 899 g/mol. The summed E-state index contributed by atoms with van der Waals surface area (Å²) in [5.41, 5.74) is 0. The lowest BCUT2D eigenvalue weighted by Crippen LogP contribution is -2.30. The van der Waals surface area contributed by atoms with E-state index in [0.29, 0.717) is 19.3 Å². The Morgan fingerprint density at radius 1 is 0.338 bits per heavy atom. The molecule has 1 atom stereocenters. The van der Waals surface area contributed by atoms with Crippen molar-refractivity contribution in [3.63, 3.8) is 0 Å². The average Bonchev–Trinajstić information content (AvgIpc) is 3.30. The van der Waals surface area contributed by atoms with E-state index in [1.165, 1.54) is 44.9 Å². The van der Waals surface area contributed by atoms with Gasteiger partial charge >= 0.3 is 17.9 Å². The highest BCUT2D eigenvalue weighted by Gasteiger charge is 2.19. The summed E-state index contributed by atoms with van der Waals surface area (Å²) >= 11 is 0. The van der Waals surface area contributed by atoms with E-state index in [0.717, 1.165) is 128 Å². The van der Waals surface area contributed by atoms with Crippen molar-refractivity contribution in [2.24, 2.45) is 0 Å². The molecule has 0 saturated heterocycles. The number of esters is 3. The van der Waals surface area contributed by atoms with Crippen LogP contribution in [0.4, 0.5) is 0 Å². The van der Waals surface area contributed by atoms with E-state index < -0.39 is 6.10 Å². The van der Waals surface area contributed by atoms with Gasteiger partial charge in [0.25, 0.3) is 0 Å². The summed E-state index contributed by atoms with van der Waals surface area (Å²) in [6, 6.07) is 0. The van der Waals surface area contributed by atoms with E-state index in [-0.39, 0.29) is 31.1 Å². The largest absolute Gasteiger partial charge is 0.462 e. The third kappa shape index (κ3) is 50.7. The maximum Gasteiger partial charge on any atom is 0.306 e. The molecule has 0 aliphatic heterocycles. The SMILES string of the molecule is CC/C=C/C=C/C=C/C=C/CCCCCC(=O)OCC(COC(=O)CCCCCCCC/C=C/C/C=C/C/C=C/C/C=C/CC)OC(=O)CCCCCCCC/C=C/C=C/CCCCC. The predicted molar refractivity (Wildman–Crippen MR) is 279 cm³/mol. The second-order valence-corrected chi connectivity index (χ2v) is 16.8. The Hall–Kier alpha value is -4.19. The number of rotatable bonds is 45. The summed E-state index contributed by atoms with van der Waals surface area (Å²) in [6.07, 6.45) is 71.8. The third-order valence-corrected chi connectivity index (χ3v) is 10.6. The van der Waals surface area contributed by atoms with E-state index in [9.17, 15) is 14.4 Å². The first-order chi connectivity index (χ1) is 32.0. The smallest absolute Gasteiger partial charge is 0.306 e. The lowest BCUT2D eigenvalue weighted by atomic mass is 10.1. The summed E-state index contributed by atoms with van der Waals surface area (Å²) < 4.78 is 16.8. The number of ether oxygens (including phenoxy) is 3. The first-order valence-electron chi connectivity index (χ1n) is 26.1. The highest BCUT2D eigenvalue weighted by molar-refractivity contribution is 5.71. The normalized spacial score (nSPS) is 13.1. The van der Waals surface area contributed by atoms with Crippen LogP contribution in [0.5, 0.6) is 0 Å². The molecular formula is C59H94O6. The van der Waals surface area contributed by atoms with Gasteiger partial charge in [-0.25, -0.2) is 0 Å². The van der Waals surface area contributed by atoms with Crippen LogP contribution in [0.3, 0.4) is 0 Å². The fourth-order valence-electron chi connectivity index (χ4n) is 6.67. The van der Waals surface area contributed by atoms with Crippen LogP contribution in [0.15, 0.2) is 122 Å². The van der Waals surface area contributed by atoms with Gasteiger partial charge in [0.05, 0.1) is 0 Å². The Morgan fingerprint density at radius 3 is 1.15 bits per heavy atom. The number of hydrogen-bond donors (Lipinski definition) is 0. The van der Waals surface area contributed by atoms with Crippen molar-refractivity contribution in [1.29, 1.82) is 0 Å². The van der Waals surface area contributed by atoms with Gasteiger partial charge in [-0.3, -0.25) is 14.4 Å². The minimum Gasteiger partial charge on any atom is -0.462 e. The Labute approximate surface area is 399 Å². The van der Waals surface area contributed by atoms with Crippen molar-refractivity contribution in [1.82, 2.24) is 0 Å². The van der Waals surface area contributed by atoms with Crippen molar-refractivity contribution < 1.29 is 28.6 Å². The molecule has 1 unspecified atom stereocenters. The molecule has 0 aromatic heterocycles. The molecule has 0 spiro atoms. The molecule has 0 aliphatic rings. The molecule has 6 nitrogen and oxygen atoms in total. The van der Waals surface area contributed by atoms with Gasteiger partial charge in [0.15, 0.2) is 6.10 Å². The molecule has 0 radical (unpaired) electrons. The van der Waals surface area contributed by atoms with E-state index in [2.05, 4.69) is 106 Å². The van der Waals surface area contributed by atoms with Crippen LogP contribution in [-0.4, -0.2) is 37.2 Å². The molecule has 0 aromatic rings. The van der Waals surface area contributed by atoms with Crippen LogP contribution >= 0.6 is 0 Å².